The van der Waals surface area contributed by atoms with Crippen LogP contribution in [0.5, 0.6) is 0 Å². The first-order valence-corrected chi connectivity index (χ1v) is 7.86. The number of halogens is 1. The molecule has 5 nitrogen and oxygen atoms in total. The molecule has 4 N–H and O–H groups in total. The van der Waals surface area contributed by atoms with Crippen LogP contribution in [0, 0.1) is 6.92 Å². The number of rotatable bonds is 6. The van der Waals surface area contributed by atoms with E-state index in [1.807, 2.05) is 6.92 Å². The molecule has 0 amide bonds. The van der Waals surface area contributed by atoms with Gasteiger partial charge in [0, 0.05) is 12.6 Å². The van der Waals surface area contributed by atoms with Crippen molar-refractivity contribution in [1.82, 2.24) is 4.72 Å². The summed E-state index contributed by atoms with van der Waals surface area (Å²) < 4.78 is 26.9. The van der Waals surface area contributed by atoms with Crippen molar-refractivity contribution in [3.8, 4) is 0 Å². The smallest absolute Gasteiger partial charge is 0.240 e. The fourth-order valence-electron chi connectivity index (χ4n) is 1.71. The topological polar surface area (TPSA) is 92.4 Å². The van der Waals surface area contributed by atoms with Crippen molar-refractivity contribution < 1.29 is 13.5 Å². The third kappa shape index (κ3) is 4.07. The van der Waals surface area contributed by atoms with Crippen molar-refractivity contribution in [1.29, 1.82) is 0 Å². The molecular formula is C12H19ClN2O3S. The summed E-state index contributed by atoms with van der Waals surface area (Å²) in [4.78, 5) is 0.0864. The average Bonchev–Trinajstić information content (AvgIpc) is 2.34. The van der Waals surface area contributed by atoms with Gasteiger partial charge < -0.3 is 10.8 Å². The molecule has 0 aliphatic carbocycles. The van der Waals surface area contributed by atoms with E-state index in [4.69, 9.17) is 22.4 Å². The number of nitrogens with two attached hydrogens (primary N) is 1. The molecule has 1 aromatic rings. The molecule has 0 aromatic heterocycles. The highest BCUT2D eigenvalue weighted by atomic mass is 35.5. The Bertz CT molecular complexity index is 523. The number of hydrogen-bond donors (Lipinski definition) is 3. The molecule has 7 heteroatoms. The second-order valence-corrected chi connectivity index (χ2v) is 6.47. The average molecular weight is 307 g/mol. The zero-order chi connectivity index (χ0) is 14.6. The Hall–Kier alpha value is -0.820. The number of sulfonamides is 1. The normalized spacial score (nSPS) is 13.5. The Labute approximate surface area is 118 Å². The number of aliphatic hydroxyl groups is 1. The summed E-state index contributed by atoms with van der Waals surface area (Å²) in [6.07, 6.45) is 0.972. The molecule has 108 valence electrons. The Balaban J connectivity index is 3.07. The van der Waals surface area contributed by atoms with E-state index >= 15 is 0 Å². The molecular weight excluding hydrogens is 288 g/mol. The fourth-order valence-corrected chi connectivity index (χ4v) is 3.29. The first-order valence-electron chi connectivity index (χ1n) is 6.00. The van der Waals surface area contributed by atoms with Crippen LogP contribution in [0.2, 0.25) is 5.02 Å². The van der Waals surface area contributed by atoms with Crippen LogP contribution in [0.4, 0.5) is 5.69 Å². The van der Waals surface area contributed by atoms with E-state index in [1.54, 1.807) is 6.92 Å². The number of aryl methyl sites for hydroxylation is 1. The molecule has 0 saturated carbocycles. The van der Waals surface area contributed by atoms with E-state index in [-0.39, 0.29) is 23.2 Å². The van der Waals surface area contributed by atoms with E-state index in [9.17, 15) is 8.42 Å². The van der Waals surface area contributed by atoms with Gasteiger partial charge in [-0.15, -0.1) is 0 Å². The quantitative estimate of drug-likeness (QED) is 0.697. The molecule has 1 unspecified atom stereocenters. The van der Waals surface area contributed by atoms with Gasteiger partial charge in [-0.2, -0.15) is 0 Å². The number of nitrogen functional groups attached to an aromatic ring is 1. The van der Waals surface area contributed by atoms with Crippen LogP contribution < -0.4 is 10.5 Å². The molecule has 1 aromatic carbocycles. The molecule has 0 radical (unpaired) electrons. The Kier molecular flexibility index (Phi) is 5.61. The molecule has 1 atom stereocenters. The monoisotopic (exact) mass is 306 g/mol. The van der Waals surface area contributed by atoms with Gasteiger partial charge in [0.2, 0.25) is 10.0 Å². The first kappa shape index (κ1) is 16.2. The van der Waals surface area contributed by atoms with Gasteiger partial charge in [-0.1, -0.05) is 18.5 Å². The summed E-state index contributed by atoms with van der Waals surface area (Å²) in [7, 11) is -3.66. The molecule has 0 saturated heterocycles. The highest BCUT2D eigenvalue weighted by molar-refractivity contribution is 7.89. The fraction of sp³-hybridized carbons (Fsp3) is 0.500. The van der Waals surface area contributed by atoms with E-state index in [0.717, 1.165) is 0 Å². The van der Waals surface area contributed by atoms with Gasteiger partial charge in [0.15, 0.2) is 0 Å². The van der Waals surface area contributed by atoms with Crippen molar-refractivity contribution in [2.24, 2.45) is 0 Å². The summed E-state index contributed by atoms with van der Waals surface area (Å²) in [6, 6.07) is 2.52. The molecule has 0 fully saturated rings. The number of nitrogens with one attached hydrogen (secondary N) is 1. The summed E-state index contributed by atoms with van der Waals surface area (Å²) in [5, 5.41) is 9.25. The number of benzene rings is 1. The van der Waals surface area contributed by atoms with Gasteiger partial charge in [-0.25, -0.2) is 13.1 Å². The first-order chi connectivity index (χ1) is 8.81. The minimum absolute atomic E-state index is 0.0667. The van der Waals surface area contributed by atoms with E-state index < -0.39 is 10.0 Å². The summed E-state index contributed by atoms with van der Waals surface area (Å²) >= 11 is 5.91. The predicted molar refractivity (Wildman–Crippen MR) is 76.7 cm³/mol. The maximum absolute atomic E-state index is 12.2. The lowest BCUT2D eigenvalue weighted by atomic mass is 10.2. The molecule has 0 heterocycles. The van der Waals surface area contributed by atoms with Gasteiger partial charge in [-0.05, 0) is 37.5 Å². The predicted octanol–water partition coefficient (Wildman–Crippen LogP) is 1.67. The Morgan fingerprint density at radius 3 is 2.58 bits per heavy atom. The van der Waals surface area contributed by atoms with Gasteiger partial charge in [-0.3, -0.25) is 0 Å². The third-order valence-electron chi connectivity index (χ3n) is 2.86. The third-order valence-corrected chi connectivity index (χ3v) is 4.87. The lowest BCUT2D eigenvalue weighted by Crippen LogP contribution is -2.35. The molecule has 1 rings (SSSR count). The Morgan fingerprint density at radius 1 is 1.47 bits per heavy atom. The van der Waals surface area contributed by atoms with Crippen molar-refractivity contribution >= 4 is 27.3 Å². The van der Waals surface area contributed by atoms with Crippen molar-refractivity contribution in [3.63, 3.8) is 0 Å². The second kappa shape index (κ2) is 6.56. The maximum atomic E-state index is 12.2. The van der Waals surface area contributed by atoms with Crippen LogP contribution in [-0.2, 0) is 10.0 Å². The summed E-state index contributed by atoms with van der Waals surface area (Å²) in [5.74, 6) is 0. The Morgan fingerprint density at radius 2 is 2.11 bits per heavy atom. The minimum atomic E-state index is -3.66. The summed E-state index contributed by atoms with van der Waals surface area (Å²) in [5.41, 5.74) is 6.52. The summed E-state index contributed by atoms with van der Waals surface area (Å²) in [6.45, 7) is 3.48. The SMILES string of the molecule is CCC(CCO)NS(=O)(=O)c1cc(C)c(Cl)c(N)c1. The highest BCUT2D eigenvalue weighted by Gasteiger charge is 2.20. The number of hydrogen-bond acceptors (Lipinski definition) is 4. The second-order valence-electron chi connectivity index (χ2n) is 4.38. The maximum Gasteiger partial charge on any atom is 0.240 e. The van der Waals surface area contributed by atoms with Crippen LogP contribution >= 0.6 is 11.6 Å². The van der Waals surface area contributed by atoms with Crippen LogP contribution in [0.1, 0.15) is 25.3 Å². The van der Waals surface area contributed by atoms with Crippen LogP contribution in [-0.4, -0.2) is 26.2 Å². The standard InChI is InChI=1S/C12H19ClN2O3S/c1-3-9(4-5-16)15-19(17,18)10-6-8(2)12(13)11(14)7-10/h6-7,9,15-16H,3-5,14H2,1-2H3. The minimum Gasteiger partial charge on any atom is -0.397 e. The van der Waals surface area contributed by atoms with Gasteiger partial charge >= 0.3 is 0 Å². The lowest BCUT2D eigenvalue weighted by molar-refractivity contribution is 0.270. The highest BCUT2D eigenvalue weighted by Crippen LogP contribution is 2.26. The zero-order valence-electron chi connectivity index (χ0n) is 11.0. The zero-order valence-corrected chi connectivity index (χ0v) is 12.6. The number of aliphatic hydroxyl groups excluding tert-OH is 1. The van der Waals surface area contributed by atoms with Crippen LogP contribution in [0.3, 0.4) is 0 Å². The van der Waals surface area contributed by atoms with Crippen molar-refractivity contribution in [3.05, 3.63) is 22.7 Å². The van der Waals surface area contributed by atoms with Gasteiger partial charge in [0.25, 0.3) is 0 Å². The molecule has 0 aliphatic rings. The molecule has 0 bridgehead atoms. The van der Waals surface area contributed by atoms with Gasteiger partial charge in [0.05, 0.1) is 15.6 Å². The van der Waals surface area contributed by atoms with Crippen molar-refractivity contribution in [2.75, 3.05) is 12.3 Å². The van der Waals surface area contributed by atoms with E-state index in [0.29, 0.717) is 23.4 Å². The molecule has 0 spiro atoms. The lowest BCUT2D eigenvalue weighted by Gasteiger charge is -2.16. The van der Waals surface area contributed by atoms with E-state index in [2.05, 4.69) is 4.72 Å². The van der Waals surface area contributed by atoms with E-state index in [1.165, 1.54) is 12.1 Å². The van der Waals surface area contributed by atoms with Crippen molar-refractivity contribution in [2.45, 2.75) is 37.6 Å². The van der Waals surface area contributed by atoms with Crippen LogP contribution in [0.25, 0.3) is 0 Å². The number of anilines is 1. The van der Waals surface area contributed by atoms with Crippen LogP contribution in [0.15, 0.2) is 17.0 Å². The largest absolute Gasteiger partial charge is 0.397 e. The molecule has 19 heavy (non-hydrogen) atoms. The van der Waals surface area contributed by atoms with Gasteiger partial charge in [0.1, 0.15) is 0 Å². The molecule has 0 aliphatic heterocycles.